The summed E-state index contributed by atoms with van der Waals surface area (Å²) in [4.78, 5) is 0. The third kappa shape index (κ3) is 2.92. The zero-order valence-electron chi connectivity index (χ0n) is 11.0. The zero-order valence-corrected chi connectivity index (χ0v) is 11.8. The fourth-order valence-electron chi connectivity index (χ4n) is 2.03. The predicted octanol–water partition coefficient (Wildman–Crippen LogP) is 2.98. The number of hydrogen-bond acceptors (Lipinski definition) is 2. The summed E-state index contributed by atoms with van der Waals surface area (Å²) >= 11 is 6.18. The normalized spacial score (nSPS) is 10.9. The molecule has 3 nitrogen and oxygen atoms in total. The van der Waals surface area contributed by atoms with Gasteiger partial charge in [-0.3, -0.25) is 4.68 Å². The number of aromatic nitrogens is 2. The smallest absolute Gasteiger partial charge is 0.131 e. The number of nitrogens with one attached hydrogen (secondary N) is 1. The minimum absolute atomic E-state index is 0.712. The Morgan fingerprint density at radius 2 is 2.06 bits per heavy atom. The first kappa shape index (κ1) is 13.1. The number of rotatable bonds is 4. The lowest BCUT2D eigenvalue weighted by Gasteiger charge is -2.05. The van der Waals surface area contributed by atoms with Crippen molar-refractivity contribution in [3.63, 3.8) is 0 Å². The standard InChI is InChI=1S/C14H18ClN3/c1-10-5-4-6-12(7-10)8-16-9-13-11(2)17-18(3)14(13)15/h4-7,16H,8-9H2,1-3H3. The Labute approximate surface area is 113 Å². The van der Waals surface area contributed by atoms with E-state index in [1.54, 1.807) is 4.68 Å². The Morgan fingerprint density at radius 1 is 1.28 bits per heavy atom. The topological polar surface area (TPSA) is 29.9 Å². The Hall–Kier alpha value is -1.32. The average Bonchev–Trinajstić information content (AvgIpc) is 2.56. The van der Waals surface area contributed by atoms with Crippen molar-refractivity contribution in [3.05, 3.63) is 51.8 Å². The molecule has 0 radical (unpaired) electrons. The first-order chi connectivity index (χ1) is 8.58. The molecule has 0 fully saturated rings. The van der Waals surface area contributed by atoms with Crippen LogP contribution in [0.25, 0.3) is 0 Å². The molecule has 0 amide bonds. The van der Waals surface area contributed by atoms with Crippen LogP contribution in [0.5, 0.6) is 0 Å². The molecule has 96 valence electrons. The van der Waals surface area contributed by atoms with Gasteiger partial charge in [0.1, 0.15) is 5.15 Å². The molecule has 0 aliphatic heterocycles. The van der Waals surface area contributed by atoms with Gasteiger partial charge >= 0.3 is 0 Å². The van der Waals surface area contributed by atoms with Crippen LogP contribution >= 0.6 is 11.6 Å². The molecule has 4 heteroatoms. The highest BCUT2D eigenvalue weighted by atomic mass is 35.5. The summed E-state index contributed by atoms with van der Waals surface area (Å²) in [5.41, 5.74) is 4.63. The quantitative estimate of drug-likeness (QED) is 0.919. The summed E-state index contributed by atoms with van der Waals surface area (Å²) in [7, 11) is 1.86. The average molecular weight is 264 g/mol. The second-order valence-electron chi connectivity index (χ2n) is 4.57. The lowest BCUT2D eigenvalue weighted by molar-refractivity contribution is 0.690. The van der Waals surface area contributed by atoms with Gasteiger partial charge in [-0.2, -0.15) is 5.10 Å². The number of nitrogens with zero attached hydrogens (tertiary/aromatic N) is 2. The molecule has 0 atom stereocenters. The van der Waals surface area contributed by atoms with Crippen molar-refractivity contribution < 1.29 is 0 Å². The monoisotopic (exact) mass is 263 g/mol. The molecular formula is C14H18ClN3. The highest BCUT2D eigenvalue weighted by molar-refractivity contribution is 6.30. The first-order valence-electron chi connectivity index (χ1n) is 6.02. The zero-order chi connectivity index (χ0) is 13.1. The lowest BCUT2D eigenvalue weighted by Crippen LogP contribution is -2.13. The molecular weight excluding hydrogens is 246 g/mol. The van der Waals surface area contributed by atoms with Gasteiger partial charge in [-0.25, -0.2) is 0 Å². The van der Waals surface area contributed by atoms with E-state index in [9.17, 15) is 0 Å². The maximum Gasteiger partial charge on any atom is 0.131 e. The van der Waals surface area contributed by atoms with Gasteiger partial charge in [0, 0.05) is 25.7 Å². The van der Waals surface area contributed by atoms with Gasteiger partial charge in [0.05, 0.1) is 5.69 Å². The van der Waals surface area contributed by atoms with Gasteiger partial charge in [-0.15, -0.1) is 0 Å². The molecule has 1 aromatic carbocycles. The van der Waals surface area contributed by atoms with Crippen molar-refractivity contribution in [2.45, 2.75) is 26.9 Å². The van der Waals surface area contributed by atoms with Crippen molar-refractivity contribution in [1.82, 2.24) is 15.1 Å². The van der Waals surface area contributed by atoms with Crippen molar-refractivity contribution in [1.29, 1.82) is 0 Å². The van der Waals surface area contributed by atoms with E-state index >= 15 is 0 Å². The van der Waals surface area contributed by atoms with Crippen LogP contribution in [0.1, 0.15) is 22.4 Å². The van der Waals surface area contributed by atoms with Crippen molar-refractivity contribution in [2.24, 2.45) is 7.05 Å². The van der Waals surface area contributed by atoms with Gasteiger partial charge in [0.15, 0.2) is 0 Å². The SMILES string of the molecule is Cc1cccc(CNCc2c(C)nn(C)c2Cl)c1. The third-order valence-corrected chi connectivity index (χ3v) is 3.46. The number of hydrogen-bond donors (Lipinski definition) is 1. The van der Waals surface area contributed by atoms with E-state index in [0.717, 1.165) is 24.3 Å². The molecule has 0 aliphatic carbocycles. The molecule has 0 spiro atoms. The van der Waals surface area contributed by atoms with Gasteiger partial charge in [0.2, 0.25) is 0 Å². The van der Waals surface area contributed by atoms with Gasteiger partial charge in [-0.1, -0.05) is 41.4 Å². The fourth-order valence-corrected chi connectivity index (χ4v) is 2.27. The summed E-state index contributed by atoms with van der Waals surface area (Å²) in [5, 5.41) is 8.41. The largest absolute Gasteiger partial charge is 0.308 e. The Kier molecular flexibility index (Phi) is 4.04. The third-order valence-electron chi connectivity index (χ3n) is 2.98. The minimum Gasteiger partial charge on any atom is -0.308 e. The summed E-state index contributed by atoms with van der Waals surface area (Å²) < 4.78 is 1.71. The fraction of sp³-hybridized carbons (Fsp3) is 0.357. The number of benzene rings is 1. The van der Waals surface area contributed by atoms with Crippen molar-refractivity contribution >= 4 is 11.6 Å². The van der Waals surface area contributed by atoms with Gasteiger partial charge in [-0.05, 0) is 19.4 Å². The van der Waals surface area contributed by atoms with Crippen LogP contribution in [0, 0.1) is 13.8 Å². The van der Waals surface area contributed by atoms with Gasteiger partial charge < -0.3 is 5.32 Å². The van der Waals surface area contributed by atoms with E-state index in [4.69, 9.17) is 11.6 Å². The second-order valence-corrected chi connectivity index (χ2v) is 4.93. The van der Waals surface area contributed by atoms with E-state index in [1.165, 1.54) is 11.1 Å². The van der Waals surface area contributed by atoms with Gasteiger partial charge in [0.25, 0.3) is 0 Å². The molecule has 0 saturated carbocycles. The van der Waals surface area contributed by atoms with Crippen molar-refractivity contribution in [3.8, 4) is 0 Å². The summed E-state index contributed by atoms with van der Waals surface area (Å²) in [6.45, 7) is 5.67. The highest BCUT2D eigenvalue weighted by Gasteiger charge is 2.10. The molecule has 2 aromatic rings. The number of aryl methyl sites for hydroxylation is 3. The molecule has 0 aliphatic rings. The van der Waals surface area contributed by atoms with E-state index < -0.39 is 0 Å². The Morgan fingerprint density at radius 3 is 2.67 bits per heavy atom. The van der Waals surface area contributed by atoms with Crippen LogP contribution in [-0.2, 0) is 20.1 Å². The summed E-state index contributed by atoms with van der Waals surface area (Å²) in [6, 6.07) is 8.49. The second kappa shape index (κ2) is 5.55. The van der Waals surface area contributed by atoms with Crippen LogP contribution in [0.15, 0.2) is 24.3 Å². The first-order valence-corrected chi connectivity index (χ1v) is 6.40. The van der Waals surface area contributed by atoms with E-state index in [2.05, 4.69) is 41.6 Å². The molecule has 1 N–H and O–H groups in total. The molecule has 0 unspecified atom stereocenters. The Bertz CT molecular complexity index is 546. The van der Waals surface area contributed by atoms with Crippen LogP contribution in [-0.4, -0.2) is 9.78 Å². The van der Waals surface area contributed by atoms with E-state index in [-0.39, 0.29) is 0 Å². The molecule has 0 bridgehead atoms. The van der Waals surface area contributed by atoms with Crippen molar-refractivity contribution in [2.75, 3.05) is 0 Å². The van der Waals surface area contributed by atoms with Crippen LogP contribution in [0.2, 0.25) is 5.15 Å². The van der Waals surface area contributed by atoms with E-state index in [0.29, 0.717) is 5.15 Å². The maximum atomic E-state index is 6.18. The maximum absolute atomic E-state index is 6.18. The molecule has 1 aromatic heterocycles. The lowest BCUT2D eigenvalue weighted by atomic mass is 10.1. The minimum atomic E-state index is 0.712. The van der Waals surface area contributed by atoms with Crippen LogP contribution in [0.4, 0.5) is 0 Å². The molecule has 2 rings (SSSR count). The molecule has 0 saturated heterocycles. The predicted molar refractivity (Wildman–Crippen MR) is 74.7 cm³/mol. The highest BCUT2D eigenvalue weighted by Crippen LogP contribution is 2.18. The number of halogens is 1. The molecule has 18 heavy (non-hydrogen) atoms. The Balaban J connectivity index is 1.96. The summed E-state index contributed by atoms with van der Waals surface area (Å²) in [5.74, 6) is 0. The summed E-state index contributed by atoms with van der Waals surface area (Å²) in [6.07, 6.45) is 0. The molecule has 1 heterocycles. The van der Waals surface area contributed by atoms with Crippen LogP contribution < -0.4 is 5.32 Å². The van der Waals surface area contributed by atoms with E-state index in [1.807, 2.05) is 14.0 Å². The van der Waals surface area contributed by atoms with Crippen LogP contribution in [0.3, 0.4) is 0 Å².